The normalized spacial score (nSPS) is 21.8. The number of hydrogen-bond donors (Lipinski definition) is 1. The highest BCUT2D eigenvalue weighted by Gasteiger charge is 2.57. The van der Waals surface area contributed by atoms with E-state index in [2.05, 4.69) is 11.3 Å². The van der Waals surface area contributed by atoms with Gasteiger partial charge in [0.1, 0.15) is 0 Å². The number of fused-ring (bicyclic) bond motifs is 1. The third kappa shape index (κ3) is 2.69. The molecule has 1 aliphatic heterocycles. The molecule has 3 atom stereocenters. The molecule has 0 bridgehead atoms. The Morgan fingerprint density at radius 3 is 2.54 bits per heavy atom. The molecule has 0 aromatic heterocycles. The van der Waals surface area contributed by atoms with Crippen molar-refractivity contribution in [3.63, 3.8) is 0 Å². The fourth-order valence-corrected chi connectivity index (χ4v) is 3.57. The summed E-state index contributed by atoms with van der Waals surface area (Å²) in [6.07, 6.45) is 0. The van der Waals surface area contributed by atoms with Gasteiger partial charge in [0, 0.05) is 11.5 Å². The molecule has 0 radical (unpaired) electrons. The second-order valence-electron chi connectivity index (χ2n) is 6.84. The number of likely N-dealkylation sites (tertiary alicyclic amines) is 1. The number of amides is 1. The molecule has 1 heterocycles. The van der Waals surface area contributed by atoms with E-state index in [0.29, 0.717) is 0 Å². The van der Waals surface area contributed by atoms with Gasteiger partial charge < -0.3 is 14.7 Å². The number of aliphatic hydroxyl groups is 1. The fourth-order valence-electron chi connectivity index (χ4n) is 3.57. The number of hydrogen-bond acceptors (Lipinski definition) is 4. The lowest BCUT2D eigenvalue weighted by molar-refractivity contribution is -0.187. The zero-order valence-electron chi connectivity index (χ0n) is 15.2. The van der Waals surface area contributed by atoms with E-state index in [1.807, 2.05) is 49.4 Å². The fraction of sp³-hybridized carbons (Fsp3) is 0.333. The van der Waals surface area contributed by atoms with E-state index in [0.717, 1.165) is 16.3 Å². The lowest BCUT2D eigenvalue weighted by Crippen LogP contribution is -2.70. The second-order valence-corrected chi connectivity index (χ2v) is 6.84. The molecular formula is C21H23NO4. The molecule has 1 amide bonds. The van der Waals surface area contributed by atoms with Crippen LogP contribution in [0.4, 0.5) is 0 Å². The monoisotopic (exact) mass is 353 g/mol. The number of ether oxygens (including phenoxy) is 1. The molecule has 136 valence electrons. The summed E-state index contributed by atoms with van der Waals surface area (Å²) >= 11 is 0. The first-order valence-corrected chi connectivity index (χ1v) is 8.59. The van der Waals surface area contributed by atoms with E-state index in [1.54, 1.807) is 11.8 Å². The molecule has 26 heavy (non-hydrogen) atoms. The molecule has 2 aromatic rings. The molecule has 0 aliphatic carbocycles. The Bertz CT molecular complexity index is 885. The average molecular weight is 353 g/mol. The number of β-lactam (4-membered cyclic amide) rings is 1. The number of esters is 1. The lowest BCUT2D eigenvalue weighted by atomic mass is 9.76. The number of β-amino-alcohol motifs (C(OH)–C–C–N with tert-alkyl or cyclic N) is 1. The zero-order valence-corrected chi connectivity index (χ0v) is 15.2. The van der Waals surface area contributed by atoms with Crippen molar-refractivity contribution in [2.45, 2.75) is 25.5 Å². The molecule has 0 unspecified atom stereocenters. The standard InChI is InChI=1S/C21H23NO4/c1-13(19(23)26-4)14(2)21(25)12-22(20(21)24)15(3)17-11-7-9-16-8-5-6-10-18(16)17/h5-11,14-15,25H,1,12H2,2-4H3/t14-,15+,21+/m0/s1. The van der Waals surface area contributed by atoms with Crippen molar-refractivity contribution >= 4 is 22.6 Å². The van der Waals surface area contributed by atoms with Crippen LogP contribution in [0.1, 0.15) is 25.5 Å². The third-order valence-electron chi connectivity index (χ3n) is 5.47. The summed E-state index contributed by atoms with van der Waals surface area (Å²) in [7, 11) is 1.25. The van der Waals surface area contributed by atoms with Gasteiger partial charge in [-0.05, 0) is 23.3 Å². The second kappa shape index (κ2) is 6.57. The minimum atomic E-state index is -1.62. The van der Waals surface area contributed by atoms with Gasteiger partial charge in [-0.3, -0.25) is 4.79 Å². The molecule has 5 heteroatoms. The van der Waals surface area contributed by atoms with Gasteiger partial charge in [-0.1, -0.05) is 56.0 Å². The van der Waals surface area contributed by atoms with Crippen LogP contribution in [0.15, 0.2) is 54.6 Å². The van der Waals surface area contributed by atoms with Crippen molar-refractivity contribution in [1.82, 2.24) is 4.90 Å². The van der Waals surface area contributed by atoms with Crippen molar-refractivity contribution in [2.24, 2.45) is 5.92 Å². The number of rotatable bonds is 5. The molecule has 0 saturated carbocycles. The van der Waals surface area contributed by atoms with Gasteiger partial charge in [-0.15, -0.1) is 0 Å². The summed E-state index contributed by atoms with van der Waals surface area (Å²) in [5.74, 6) is -1.71. The first-order valence-electron chi connectivity index (χ1n) is 8.59. The molecule has 1 aliphatic rings. The van der Waals surface area contributed by atoms with Crippen LogP contribution in [0.5, 0.6) is 0 Å². The highest BCUT2D eigenvalue weighted by molar-refractivity contribution is 5.96. The number of methoxy groups -OCH3 is 1. The Kier molecular flexibility index (Phi) is 4.59. The van der Waals surface area contributed by atoms with E-state index in [1.165, 1.54) is 7.11 Å². The smallest absolute Gasteiger partial charge is 0.333 e. The van der Waals surface area contributed by atoms with E-state index in [4.69, 9.17) is 0 Å². The largest absolute Gasteiger partial charge is 0.466 e. The minimum absolute atomic E-state index is 0.0980. The molecule has 1 N–H and O–H groups in total. The number of nitrogens with zero attached hydrogens (tertiary/aromatic N) is 1. The average Bonchev–Trinajstić information content (AvgIpc) is 2.68. The van der Waals surface area contributed by atoms with Crippen LogP contribution in [0.25, 0.3) is 10.8 Å². The van der Waals surface area contributed by atoms with Crippen LogP contribution in [-0.4, -0.2) is 41.1 Å². The molecule has 1 fully saturated rings. The summed E-state index contributed by atoms with van der Waals surface area (Å²) in [6, 6.07) is 13.8. The predicted octanol–water partition coefficient (Wildman–Crippen LogP) is 2.84. The van der Waals surface area contributed by atoms with Gasteiger partial charge in [0.2, 0.25) is 0 Å². The number of carbonyl (C=O) groups is 2. The summed E-state index contributed by atoms with van der Waals surface area (Å²) < 4.78 is 4.65. The van der Waals surface area contributed by atoms with Gasteiger partial charge in [-0.25, -0.2) is 4.79 Å². The molecule has 5 nitrogen and oxygen atoms in total. The van der Waals surface area contributed by atoms with Crippen molar-refractivity contribution in [3.8, 4) is 0 Å². The van der Waals surface area contributed by atoms with Crippen LogP contribution in [-0.2, 0) is 14.3 Å². The topological polar surface area (TPSA) is 66.8 Å². The maximum absolute atomic E-state index is 12.8. The summed E-state index contributed by atoms with van der Waals surface area (Å²) in [4.78, 5) is 26.1. The maximum atomic E-state index is 12.8. The van der Waals surface area contributed by atoms with Crippen molar-refractivity contribution in [3.05, 3.63) is 60.2 Å². The highest BCUT2D eigenvalue weighted by Crippen LogP contribution is 2.40. The van der Waals surface area contributed by atoms with Crippen molar-refractivity contribution < 1.29 is 19.4 Å². The maximum Gasteiger partial charge on any atom is 0.333 e. The van der Waals surface area contributed by atoms with E-state index >= 15 is 0 Å². The Morgan fingerprint density at radius 1 is 1.23 bits per heavy atom. The summed E-state index contributed by atoms with van der Waals surface area (Å²) in [5, 5.41) is 13.0. The summed E-state index contributed by atoms with van der Waals surface area (Å²) in [5.41, 5.74) is -0.497. The van der Waals surface area contributed by atoms with Crippen LogP contribution in [0.3, 0.4) is 0 Å². The first kappa shape index (κ1) is 18.1. The first-order chi connectivity index (χ1) is 12.3. The van der Waals surface area contributed by atoms with Gasteiger partial charge in [0.15, 0.2) is 5.60 Å². The van der Waals surface area contributed by atoms with Crippen LogP contribution >= 0.6 is 0 Å². The SMILES string of the molecule is C=C(C(=O)OC)[C@H](C)[C@]1(O)CN([C@H](C)c2cccc3ccccc23)C1=O. The van der Waals surface area contributed by atoms with Gasteiger partial charge >= 0.3 is 5.97 Å². The van der Waals surface area contributed by atoms with E-state index in [-0.39, 0.29) is 18.2 Å². The quantitative estimate of drug-likeness (QED) is 0.510. The van der Waals surface area contributed by atoms with Crippen LogP contribution < -0.4 is 0 Å². The molecule has 3 rings (SSSR count). The number of benzene rings is 2. The summed E-state index contributed by atoms with van der Waals surface area (Å²) in [6.45, 7) is 7.38. The Morgan fingerprint density at radius 2 is 1.88 bits per heavy atom. The Balaban J connectivity index is 1.83. The van der Waals surface area contributed by atoms with Gasteiger partial charge in [-0.2, -0.15) is 0 Å². The highest BCUT2D eigenvalue weighted by atomic mass is 16.5. The minimum Gasteiger partial charge on any atom is -0.466 e. The van der Waals surface area contributed by atoms with E-state index < -0.39 is 23.4 Å². The van der Waals surface area contributed by atoms with Crippen LogP contribution in [0.2, 0.25) is 0 Å². The van der Waals surface area contributed by atoms with Crippen molar-refractivity contribution in [1.29, 1.82) is 0 Å². The predicted molar refractivity (Wildman–Crippen MR) is 99.3 cm³/mol. The Labute approximate surface area is 152 Å². The van der Waals surface area contributed by atoms with Crippen molar-refractivity contribution in [2.75, 3.05) is 13.7 Å². The number of carbonyl (C=O) groups excluding carboxylic acids is 2. The van der Waals surface area contributed by atoms with Gasteiger partial charge in [0.05, 0.1) is 19.7 Å². The lowest BCUT2D eigenvalue weighted by Gasteiger charge is -2.51. The van der Waals surface area contributed by atoms with Gasteiger partial charge in [0.25, 0.3) is 5.91 Å². The molecule has 0 spiro atoms. The van der Waals surface area contributed by atoms with Crippen LogP contribution in [0, 0.1) is 5.92 Å². The molecule has 2 aromatic carbocycles. The molecular weight excluding hydrogens is 330 g/mol. The Hall–Kier alpha value is -2.66. The van der Waals surface area contributed by atoms with E-state index in [9.17, 15) is 14.7 Å². The molecule has 1 saturated heterocycles. The zero-order chi connectivity index (χ0) is 19.1. The third-order valence-corrected chi connectivity index (χ3v) is 5.47.